The minimum Gasteiger partial charge on any atom is -0.464 e. The van der Waals surface area contributed by atoms with Gasteiger partial charge in [0, 0.05) is 25.1 Å². The largest absolute Gasteiger partial charge is 0.464 e. The van der Waals surface area contributed by atoms with Crippen LogP contribution in [0.15, 0.2) is 42.6 Å². The van der Waals surface area contributed by atoms with Gasteiger partial charge in [0.25, 0.3) is 0 Å². The second-order valence-corrected chi connectivity index (χ2v) is 9.37. The lowest BCUT2D eigenvalue weighted by Crippen LogP contribution is -2.20. The first-order valence-electron chi connectivity index (χ1n) is 12.8. The van der Waals surface area contributed by atoms with Crippen LogP contribution in [-0.4, -0.2) is 48.3 Å². The van der Waals surface area contributed by atoms with Gasteiger partial charge in [-0.1, -0.05) is 56.0 Å². The Morgan fingerprint density at radius 2 is 1.83 bits per heavy atom. The first kappa shape index (κ1) is 25.7. The van der Waals surface area contributed by atoms with E-state index in [9.17, 15) is 9.59 Å². The molecule has 1 aliphatic carbocycles. The van der Waals surface area contributed by atoms with Crippen molar-refractivity contribution in [3.63, 3.8) is 0 Å². The average molecular weight is 493 g/mol. The molecule has 1 aliphatic rings. The van der Waals surface area contributed by atoms with Crippen LogP contribution in [-0.2, 0) is 27.2 Å². The standard InChI is InChI=1S/C28H36N4O4/c1-35-19-24(33)31-25-23-17-22(30-21-14-8-3-4-9-15-21)18-29-27(23)32(26(25)28(34)36-2)16-10-13-20-11-6-5-7-12-20/h5-7,11-12,17-18,21,30H,3-4,8-10,13-16,19H2,1-2H3,(H,31,33). The van der Waals surface area contributed by atoms with Gasteiger partial charge in [-0.25, -0.2) is 9.78 Å². The number of ether oxygens (including phenoxy) is 2. The number of anilines is 2. The molecular weight excluding hydrogens is 456 g/mol. The Morgan fingerprint density at radius 1 is 1.08 bits per heavy atom. The van der Waals surface area contributed by atoms with Crippen LogP contribution >= 0.6 is 0 Å². The molecule has 0 spiro atoms. The van der Waals surface area contributed by atoms with Crippen molar-refractivity contribution in [1.29, 1.82) is 0 Å². The van der Waals surface area contributed by atoms with Gasteiger partial charge >= 0.3 is 5.97 Å². The van der Waals surface area contributed by atoms with Crippen molar-refractivity contribution in [2.75, 3.05) is 31.5 Å². The molecule has 0 aliphatic heterocycles. The molecule has 0 radical (unpaired) electrons. The van der Waals surface area contributed by atoms with Crippen LogP contribution < -0.4 is 10.6 Å². The topological polar surface area (TPSA) is 94.5 Å². The van der Waals surface area contributed by atoms with Crippen molar-refractivity contribution in [2.45, 2.75) is 64.0 Å². The number of aryl methyl sites for hydroxylation is 2. The summed E-state index contributed by atoms with van der Waals surface area (Å²) in [5.41, 5.74) is 3.46. The fourth-order valence-electron chi connectivity index (χ4n) is 5.01. The Hall–Kier alpha value is -3.39. The van der Waals surface area contributed by atoms with Gasteiger partial charge < -0.3 is 24.7 Å². The van der Waals surface area contributed by atoms with Crippen molar-refractivity contribution < 1.29 is 19.1 Å². The Morgan fingerprint density at radius 3 is 2.53 bits per heavy atom. The molecule has 8 heteroatoms. The number of nitrogens with zero attached hydrogens (tertiary/aromatic N) is 2. The van der Waals surface area contributed by atoms with E-state index in [0.717, 1.165) is 31.4 Å². The summed E-state index contributed by atoms with van der Waals surface area (Å²) in [6, 6.07) is 12.6. The molecule has 2 N–H and O–H groups in total. The lowest BCUT2D eigenvalue weighted by atomic mass is 10.1. The Labute approximate surface area is 212 Å². The highest BCUT2D eigenvalue weighted by atomic mass is 16.5. The number of rotatable bonds is 10. The van der Waals surface area contributed by atoms with E-state index >= 15 is 0 Å². The minimum absolute atomic E-state index is 0.116. The fraction of sp³-hybridized carbons (Fsp3) is 0.464. The molecule has 1 aromatic carbocycles. The fourth-order valence-corrected chi connectivity index (χ4v) is 5.01. The third-order valence-electron chi connectivity index (χ3n) is 6.73. The van der Waals surface area contributed by atoms with E-state index in [-0.39, 0.29) is 12.5 Å². The van der Waals surface area contributed by atoms with Gasteiger partial charge in [0.2, 0.25) is 5.91 Å². The zero-order chi connectivity index (χ0) is 25.3. The van der Waals surface area contributed by atoms with Crippen LogP contribution in [0.1, 0.15) is 61.0 Å². The molecule has 0 unspecified atom stereocenters. The molecule has 0 atom stereocenters. The van der Waals surface area contributed by atoms with Gasteiger partial charge in [-0.15, -0.1) is 0 Å². The maximum atomic E-state index is 13.0. The SMILES string of the molecule is COCC(=O)Nc1c(C(=O)OC)n(CCCc2ccccc2)c2ncc(NC3CCCCCC3)cc12. The van der Waals surface area contributed by atoms with Crippen molar-refractivity contribution in [3.8, 4) is 0 Å². The van der Waals surface area contributed by atoms with Gasteiger partial charge in [0.1, 0.15) is 12.3 Å². The van der Waals surface area contributed by atoms with E-state index < -0.39 is 5.97 Å². The summed E-state index contributed by atoms with van der Waals surface area (Å²) >= 11 is 0. The van der Waals surface area contributed by atoms with Crippen molar-refractivity contribution in [2.24, 2.45) is 0 Å². The predicted molar refractivity (Wildman–Crippen MR) is 141 cm³/mol. The normalized spacial score (nSPS) is 14.4. The molecule has 4 rings (SSSR count). The van der Waals surface area contributed by atoms with Crippen molar-refractivity contribution in [3.05, 3.63) is 53.9 Å². The number of methoxy groups -OCH3 is 2. The van der Waals surface area contributed by atoms with E-state index in [2.05, 4.69) is 22.8 Å². The smallest absolute Gasteiger partial charge is 0.356 e. The molecule has 1 fully saturated rings. The highest BCUT2D eigenvalue weighted by molar-refractivity contribution is 6.11. The summed E-state index contributed by atoms with van der Waals surface area (Å²) in [5, 5.41) is 7.22. The van der Waals surface area contributed by atoms with Gasteiger partial charge in [-0.3, -0.25) is 4.79 Å². The van der Waals surface area contributed by atoms with Gasteiger partial charge in [0.15, 0.2) is 5.69 Å². The lowest BCUT2D eigenvalue weighted by Gasteiger charge is -2.17. The summed E-state index contributed by atoms with van der Waals surface area (Å²) in [5.74, 6) is -0.855. The summed E-state index contributed by atoms with van der Waals surface area (Å²) in [7, 11) is 2.81. The Bertz CT molecular complexity index is 1170. The van der Waals surface area contributed by atoms with Crippen LogP contribution in [0.5, 0.6) is 0 Å². The predicted octanol–water partition coefficient (Wildman–Crippen LogP) is 5.18. The number of esters is 1. The van der Waals surface area contributed by atoms with Gasteiger partial charge in [-0.05, 0) is 37.3 Å². The van der Waals surface area contributed by atoms with Gasteiger partial charge in [0.05, 0.1) is 24.7 Å². The van der Waals surface area contributed by atoms with E-state index in [4.69, 9.17) is 14.5 Å². The number of fused-ring (bicyclic) bond motifs is 1. The number of carbonyl (C=O) groups is 2. The molecule has 0 saturated heterocycles. The summed E-state index contributed by atoms with van der Waals surface area (Å²) < 4.78 is 12.0. The molecule has 1 amide bonds. The summed E-state index contributed by atoms with van der Waals surface area (Å²) in [6.07, 6.45) is 10.7. The summed E-state index contributed by atoms with van der Waals surface area (Å²) in [4.78, 5) is 30.3. The molecule has 8 nitrogen and oxygen atoms in total. The lowest BCUT2D eigenvalue weighted by molar-refractivity contribution is -0.119. The third kappa shape index (κ3) is 6.23. The number of hydrogen-bond donors (Lipinski definition) is 2. The number of amides is 1. The Kier molecular flexibility index (Phi) is 8.95. The number of aromatic nitrogens is 2. The van der Waals surface area contributed by atoms with Crippen LogP contribution in [0.3, 0.4) is 0 Å². The first-order valence-corrected chi connectivity index (χ1v) is 12.8. The minimum atomic E-state index is -0.515. The van der Waals surface area contributed by atoms with E-state index in [1.165, 1.54) is 45.5 Å². The second-order valence-electron chi connectivity index (χ2n) is 9.37. The molecule has 3 aromatic rings. The summed E-state index contributed by atoms with van der Waals surface area (Å²) in [6.45, 7) is 0.438. The molecular formula is C28H36N4O4. The van der Waals surface area contributed by atoms with Gasteiger partial charge in [-0.2, -0.15) is 0 Å². The third-order valence-corrected chi connectivity index (χ3v) is 6.73. The van der Waals surface area contributed by atoms with E-state index in [1.54, 1.807) is 0 Å². The average Bonchev–Trinajstić information content (AvgIpc) is 3.02. The van der Waals surface area contributed by atoms with Crippen LogP contribution in [0.2, 0.25) is 0 Å². The van der Waals surface area contributed by atoms with Crippen LogP contribution in [0, 0.1) is 0 Å². The molecule has 192 valence electrons. The molecule has 2 aromatic heterocycles. The first-order chi connectivity index (χ1) is 17.6. The molecule has 36 heavy (non-hydrogen) atoms. The monoisotopic (exact) mass is 492 g/mol. The zero-order valence-corrected chi connectivity index (χ0v) is 21.2. The molecule has 0 bridgehead atoms. The second kappa shape index (κ2) is 12.5. The number of nitrogens with one attached hydrogen (secondary N) is 2. The maximum Gasteiger partial charge on any atom is 0.356 e. The van der Waals surface area contributed by atoms with Crippen LogP contribution in [0.4, 0.5) is 11.4 Å². The number of pyridine rings is 1. The van der Waals surface area contributed by atoms with Crippen molar-refractivity contribution in [1.82, 2.24) is 9.55 Å². The maximum absolute atomic E-state index is 13.0. The van der Waals surface area contributed by atoms with E-state index in [0.29, 0.717) is 35.0 Å². The highest BCUT2D eigenvalue weighted by Crippen LogP contribution is 2.33. The number of carbonyl (C=O) groups excluding carboxylic acids is 2. The molecule has 1 saturated carbocycles. The number of hydrogen-bond acceptors (Lipinski definition) is 6. The zero-order valence-electron chi connectivity index (χ0n) is 21.2. The molecule has 2 heterocycles. The van der Waals surface area contributed by atoms with Crippen molar-refractivity contribution >= 4 is 34.3 Å². The number of benzene rings is 1. The Balaban J connectivity index is 1.70. The highest BCUT2D eigenvalue weighted by Gasteiger charge is 2.26. The quantitative estimate of drug-likeness (QED) is 0.299. The van der Waals surface area contributed by atoms with E-state index in [1.807, 2.05) is 35.0 Å². The van der Waals surface area contributed by atoms with Crippen LogP contribution in [0.25, 0.3) is 11.0 Å².